The molecule has 0 bridgehead atoms. The van der Waals surface area contributed by atoms with Crippen molar-refractivity contribution in [1.82, 2.24) is 10.2 Å². The van der Waals surface area contributed by atoms with E-state index in [-0.39, 0.29) is 18.7 Å². The number of benzene rings is 3. The quantitative estimate of drug-likeness (QED) is 0.369. The molecule has 0 radical (unpaired) electrons. The molecule has 11 heteroatoms. The van der Waals surface area contributed by atoms with Crippen LogP contribution >= 0.6 is 23.2 Å². The lowest BCUT2D eigenvalue weighted by Gasteiger charge is -2.33. The van der Waals surface area contributed by atoms with Crippen molar-refractivity contribution in [3.8, 4) is 5.75 Å². The Bertz CT molecular complexity index is 1370. The maximum Gasteiger partial charge on any atom is 0.244 e. The van der Waals surface area contributed by atoms with Crippen molar-refractivity contribution in [2.45, 2.75) is 19.0 Å². The van der Waals surface area contributed by atoms with Crippen molar-refractivity contribution >= 4 is 50.7 Å². The molecule has 0 aliphatic rings. The summed E-state index contributed by atoms with van der Waals surface area (Å²) in [5, 5.41) is 3.37. The molecule has 38 heavy (non-hydrogen) atoms. The minimum atomic E-state index is -3.86. The van der Waals surface area contributed by atoms with Crippen LogP contribution in [0.15, 0.2) is 72.8 Å². The topological polar surface area (TPSA) is 96.0 Å². The fraction of sp³-hybridized carbons (Fsp3) is 0.259. The summed E-state index contributed by atoms with van der Waals surface area (Å²) in [6.45, 7) is -0.571. The molecule has 0 aromatic heterocycles. The standard InChI is InChI=1S/C27H29Cl2N3O5S/c1-30-27(34)25(15-19-7-5-4-6-8-19)31(17-20-9-10-21(28)16-24(20)29)26(33)18-32(38(3,35)36)22-11-13-23(37-2)14-12-22/h4-14,16,25H,15,17-18H2,1-3H3,(H,30,34)/t25-/m1/s1. The van der Waals surface area contributed by atoms with Crippen LogP contribution in [0.25, 0.3) is 0 Å². The zero-order valence-corrected chi connectivity index (χ0v) is 23.6. The molecule has 3 rings (SSSR count). The number of anilines is 1. The first-order valence-corrected chi connectivity index (χ1v) is 14.2. The second kappa shape index (κ2) is 13.0. The Morgan fingerprint density at radius 3 is 2.21 bits per heavy atom. The van der Waals surface area contributed by atoms with Gasteiger partial charge >= 0.3 is 0 Å². The van der Waals surface area contributed by atoms with Crippen LogP contribution in [0.3, 0.4) is 0 Å². The number of hydrogen-bond acceptors (Lipinski definition) is 5. The first-order valence-electron chi connectivity index (χ1n) is 11.6. The van der Waals surface area contributed by atoms with Crippen LogP contribution in [0.5, 0.6) is 5.75 Å². The van der Waals surface area contributed by atoms with Crippen LogP contribution in [0, 0.1) is 0 Å². The highest BCUT2D eigenvalue weighted by Gasteiger charge is 2.33. The van der Waals surface area contributed by atoms with Gasteiger partial charge in [0.25, 0.3) is 0 Å². The first-order chi connectivity index (χ1) is 18.0. The third kappa shape index (κ3) is 7.63. The number of ether oxygens (including phenoxy) is 1. The smallest absolute Gasteiger partial charge is 0.244 e. The Labute approximate surface area is 233 Å². The molecule has 1 N–H and O–H groups in total. The molecule has 0 heterocycles. The fourth-order valence-corrected chi connectivity index (χ4v) is 5.23. The van der Waals surface area contributed by atoms with E-state index in [9.17, 15) is 18.0 Å². The molecule has 2 amide bonds. The molecule has 0 unspecified atom stereocenters. The predicted molar refractivity (Wildman–Crippen MR) is 150 cm³/mol. The van der Waals surface area contributed by atoms with Crippen molar-refractivity contribution in [3.63, 3.8) is 0 Å². The largest absolute Gasteiger partial charge is 0.497 e. The van der Waals surface area contributed by atoms with Crippen LogP contribution in [0.1, 0.15) is 11.1 Å². The van der Waals surface area contributed by atoms with E-state index < -0.39 is 34.4 Å². The summed E-state index contributed by atoms with van der Waals surface area (Å²) in [4.78, 5) is 28.3. The number of amides is 2. The van der Waals surface area contributed by atoms with Gasteiger partial charge in [0.15, 0.2) is 0 Å². The zero-order valence-electron chi connectivity index (χ0n) is 21.2. The van der Waals surface area contributed by atoms with Gasteiger partial charge in [-0.3, -0.25) is 13.9 Å². The second-order valence-corrected chi connectivity index (χ2v) is 11.3. The molecular weight excluding hydrogens is 549 g/mol. The number of nitrogens with zero attached hydrogens (tertiary/aromatic N) is 2. The third-order valence-electron chi connectivity index (χ3n) is 5.91. The number of methoxy groups -OCH3 is 1. The summed E-state index contributed by atoms with van der Waals surface area (Å²) >= 11 is 12.5. The number of nitrogens with one attached hydrogen (secondary N) is 1. The van der Waals surface area contributed by atoms with Crippen molar-refractivity contribution in [1.29, 1.82) is 0 Å². The first kappa shape index (κ1) is 29.3. The summed E-state index contributed by atoms with van der Waals surface area (Å²) in [5.41, 5.74) is 1.67. The SMILES string of the molecule is CNC(=O)[C@@H](Cc1ccccc1)N(Cc1ccc(Cl)cc1Cl)C(=O)CN(c1ccc(OC)cc1)S(C)(=O)=O. The number of sulfonamides is 1. The molecule has 0 saturated heterocycles. The number of carbonyl (C=O) groups is 2. The number of rotatable bonds is 11. The van der Waals surface area contributed by atoms with Crippen molar-refractivity contribution in [2.75, 3.05) is 31.3 Å². The maximum atomic E-state index is 13.9. The van der Waals surface area contributed by atoms with Gasteiger partial charge in [-0.05, 0) is 47.5 Å². The van der Waals surface area contributed by atoms with Gasteiger partial charge in [-0.15, -0.1) is 0 Å². The molecule has 0 fully saturated rings. The summed E-state index contributed by atoms with van der Waals surface area (Å²) in [6, 6.07) is 19.5. The van der Waals surface area contributed by atoms with Gasteiger partial charge in [-0.25, -0.2) is 8.42 Å². The van der Waals surface area contributed by atoms with E-state index in [1.165, 1.54) is 19.1 Å². The van der Waals surface area contributed by atoms with Crippen molar-refractivity contribution < 1.29 is 22.7 Å². The average Bonchev–Trinajstić information content (AvgIpc) is 2.89. The van der Waals surface area contributed by atoms with Crippen LogP contribution in [-0.4, -0.2) is 58.1 Å². The maximum absolute atomic E-state index is 13.9. The van der Waals surface area contributed by atoms with E-state index in [1.807, 2.05) is 30.3 Å². The molecule has 3 aromatic rings. The van der Waals surface area contributed by atoms with Gasteiger partial charge in [0.1, 0.15) is 18.3 Å². The van der Waals surface area contributed by atoms with Gasteiger partial charge < -0.3 is 15.0 Å². The third-order valence-corrected chi connectivity index (χ3v) is 7.64. The fourth-order valence-electron chi connectivity index (χ4n) is 3.92. The van der Waals surface area contributed by atoms with Crippen LogP contribution < -0.4 is 14.4 Å². The second-order valence-electron chi connectivity index (χ2n) is 8.54. The normalized spacial score (nSPS) is 11.9. The zero-order chi connectivity index (χ0) is 27.9. The molecule has 8 nitrogen and oxygen atoms in total. The molecule has 202 valence electrons. The highest BCUT2D eigenvalue weighted by molar-refractivity contribution is 7.92. The lowest BCUT2D eigenvalue weighted by Crippen LogP contribution is -2.52. The van der Waals surface area contributed by atoms with Crippen molar-refractivity contribution in [3.05, 3.63) is 94.0 Å². The van der Waals surface area contributed by atoms with Gasteiger partial charge in [0, 0.05) is 30.1 Å². The molecule has 0 saturated carbocycles. The number of halogens is 2. The molecule has 1 atom stereocenters. The Morgan fingerprint density at radius 1 is 1.00 bits per heavy atom. The Hall–Kier alpha value is -3.27. The molecule has 3 aromatic carbocycles. The molecule has 0 aliphatic carbocycles. The number of likely N-dealkylation sites (N-methyl/N-ethyl adjacent to an activating group) is 1. The predicted octanol–water partition coefficient (Wildman–Crippen LogP) is 4.15. The van der Waals surface area contributed by atoms with Crippen molar-refractivity contribution in [2.24, 2.45) is 0 Å². The lowest BCUT2D eigenvalue weighted by atomic mass is 10.0. The van der Waals surface area contributed by atoms with E-state index in [1.54, 1.807) is 42.5 Å². The van der Waals surface area contributed by atoms with E-state index in [4.69, 9.17) is 27.9 Å². The molecular formula is C27H29Cl2N3O5S. The highest BCUT2D eigenvalue weighted by atomic mass is 35.5. The summed E-state index contributed by atoms with van der Waals surface area (Å²) in [7, 11) is -0.879. The van der Waals surface area contributed by atoms with E-state index in [0.717, 1.165) is 16.1 Å². The minimum Gasteiger partial charge on any atom is -0.497 e. The van der Waals surface area contributed by atoms with E-state index in [2.05, 4.69) is 5.32 Å². The van der Waals surface area contributed by atoms with Crippen LogP contribution in [0.4, 0.5) is 5.69 Å². The van der Waals surface area contributed by atoms with Crippen LogP contribution in [-0.2, 0) is 32.6 Å². The van der Waals surface area contributed by atoms with Gasteiger partial charge in [0.2, 0.25) is 21.8 Å². The lowest BCUT2D eigenvalue weighted by molar-refractivity contribution is -0.139. The monoisotopic (exact) mass is 577 g/mol. The van der Waals surface area contributed by atoms with Gasteiger partial charge in [-0.2, -0.15) is 0 Å². The number of carbonyl (C=O) groups excluding carboxylic acids is 2. The minimum absolute atomic E-state index is 0.0417. The van der Waals surface area contributed by atoms with Crippen LogP contribution in [0.2, 0.25) is 10.0 Å². The average molecular weight is 579 g/mol. The Balaban J connectivity index is 2.04. The molecule has 0 aliphatic heterocycles. The number of hydrogen-bond donors (Lipinski definition) is 1. The summed E-state index contributed by atoms with van der Waals surface area (Å²) in [6.07, 6.45) is 1.23. The van der Waals surface area contributed by atoms with Gasteiger partial charge in [-0.1, -0.05) is 59.6 Å². The Kier molecular flexibility index (Phi) is 10.0. The van der Waals surface area contributed by atoms with E-state index in [0.29, 0.717) is 21.4 Å². The summed E-state index contributed by atoms with van der Waals surface area (Å²) < 4.78 is 31.7. The van der Waals surface area contributed by atoms with Gasteiger partial charge in [0.05, 0.1) is 19.1 Å². The van der Waals surface area contributed by atoms with E-state index >= 15 is 0 Å². The highest BCUT2D eigenvalue weighted by Crippen LogP contribution is 2.26. The summed E-state index contributed by atoms with van der Waals surface area (Å²) in [5.74, 6) is -0.445. The Morgan fingerprint density at radius 2 is 1.66 bits per heavy atom. The molecule has 0 spiro atoms.